The molecule has 0 saturated carbocycles. The standard InChI is InChI=1S/C15H20N2O/c1-3-15(18)10-9-13-11-17(16-12(13)2)14-7-5-4-6-8-14/h4-8,13H,3,9-11H2,1-2H3. The lowest BCUT2D eigenvalue weighted by molar-refractivity contribution is -0.118. The second-order valence-corrected chi connectivity index (χ2v) is 4.79. The molecule has 1 heterocycles. The van der Waals surface area contributed by atoms with E-state index in [9.17, 15) is 4.79 Å². The molecule has 96 valence electrons. The highest BCUT2D eigenvalue weighted by Gasteiger charge is 2.24. The van der Waals surface area contributed by atoms with Gasteiger partial charge in [0.05, 0.1) is 5.69 Å². The molecule has 1 aromatic rings. The molecule has 0 radical (unpaired) electrons. The lowest BCUT2D eigenvalue weighted by atomic mass is 9.97. The second kappa shape index (κ2) is 5.80. The zero-order valence-electron chi connectivity index (χ0n) is 11.1. The van der Waals surface area contributed by atoms with E-state index in [0.717, 1.165) is 24.4 Å². The van der Waals surface area contributed by atoms with Gasteiger partial charge in [0, 0.05) is 31.0 Å². The van der Waals surface area contributed by atoms with Crippen LogP contribution in [0.5, 0.6) is 0 Å². The van der Waals surface area contributed by atoms with Crippen molar-refractivity contribution in [2.45, 2.75) is 33.1 Å². The average Bonchev–Trinajstić information content (AvgIpc) is 2.78. The summed E-state index contributed by atoms with van der Waals surface area (Å²) in [6, 6.07) is 10.2. The van der Waals surface area contributed by atoms with Crippen LogP contribution < -0.4 is 5.01 Å². The maximum absolute atomic E-state index is 11.4. The summed E-state index contributed by atoms with van der Waals surface area (Å²) < 4.78 is 0. The van der Waals surface area contributed by atoms with E-state index in [1.165, 1.54) is 0 Å². The van der Waals surface area contributed by atoms with Crippen molar-refractivity contribution in [1.82, 2.24) is 0 Å². The molecular weight excluding hydrogens is 224 g/mol. The third-order valence-corrected chi connectivity index (χ3v) is 3.48. The minimum absolute atomic E-state index is 0.348. The zero-order valence-corrected chi connectivity index (χ0v) is 11.1. The number of Topliss-reactive ketones (excluding diaryl/α,β-unsaturated/α-hetero) is 1. The van der Waals surface area contributed by atoms with Crippen LogP contribution in [0.15, 0.2) is 35.4 Å². The number of carbonyl (C=O) groups excluding carboxylic acids is 1. The van der Waals surface area contributed by atoms with E-state index >= 15 is 0 Å². The Bertz CT molecular complexity index is 439. The van der Waals surface area contributed by atoms with Crippen LogP contribution in [0, 0.1) is 5.92 Å². The largest absolute Gasteiger partial charge is 0.300 e. The highest BCUT2D eigenvalue weighted by molar-refractivity contribution is 5.88. The van der Waals surface area contributed by atoms with Crippen molar-refractivity contribution in [2.75, 3.05) is 11.6 Å². The van der Waals surface area contributed by atoms with E-state index in [0.29, 0.717) is 24.5 Å². The van der Waals surface area contributed by atoms with Crippen molar-refractivity contribution < 1.29 is 4.79 Å². The summed E-state index contributed by atoms with van der Waals surface area (Å²) in [4.78, 5) is 11.4. The Labute approximate surface area is 108 Å². The number of carbonyl (C=O) groups is 1. The van der Waals surface area contributed by atoms with Crippen molar-refractivity contribution in [3.63, 3.8) is 0 Å². The summed E-state index contributed by atoms with van der Waals surface area (Å²) in [6.45, 7) is 4.88. The predicted octanol–water partition coefficient (Wildman–Crippen LogP) is 3.26. The normalized spacial score (nSPS) is 18.9. The van der Waals surface area contributed by atoms with Crippen molar-refractivity contribution in [2.24, 2.45) is 11.0 Å². The Morgan fingerprint density at radius 2 is 2.11 bits per heavy atom. The Balaban J connectivity index is 1.95. The van der Waals surface area contributed by atoms with Crippen LogP contribution in [0.25, 0.3) is 0 Å². The van der Waals surface area contributed by atoms with Crippen LogP contribution in [0.4, 0.5) is 5.69 Å². The molecule has 1 aromatic carbocycles. The van der Waals surface area contributed by atoms with E-state index in [4.69, 9.17) is 0 Å². The maximum Gasteiger partial charge on any atom is 0.132 e. The topological polar surface area (TPSA) is 32.7 Å². The number of benzene rings is 1. The SMILES string of the molecule is CCC(=O)CCC1CN(c2ccccc2)N=C1C. The highest BCUT2D eigenvalue weighted by Crippen LogP contribution is 2.24. The van der Waals surface area contributed by atoms with Gasteiger partial charge in [0.1, 0.15) is 5.78 Å². The third kappa shape index (κ3) is 2.97. The number of anilines is 1. The average molecular weight is 244 g/mol. The summed E-state index contributed by atoms with van der Waals surface area (Å²) in [6.07, 6.45) is 2.24. The van der Waals surface area contributed by atoms with Gasteiger partial charge in [-0.15, -0.1) is 0 Å². The molecule has 1 unspecified atom stereocenters. The molecule has 3 nitrogen and oxygen atoms in total. The van der Waals surface area contributed by atoms with Gasteiger partial charge in [-0.05, 0) is 25.5 Å². The molecule has 18 heavy (non-hydrogen) atoms. The van der Waals surface area contributed by atoms with Crippen LogP contribution in [-0.4, -0.2) is 18.0 Å². The molecule has 1 aliphatic rings. The van der Waals surface area contributed by atoms with E-state index in [1.807, 2.05) is 30.1 Å². The fourth-order valence-electron chi connectivity index (χ4n) is 2.23. The van der Waals surface area contributed by atoms with Crippen LogP contribution in [0.3, 0.4) is 0 Å². The summed E-state index contributed by atoms with van der Waals surface area (Å²) in [7, 11) is 0. The number of hydrogen-bond acceptors (Lipinski definition) is 3. The molecule has 0 saturated heterocycles. The number of para-hydroxylation sites is 1. The van der Waals surface area contributed by atoms with Crippen molar-refractivity contribution in [1.29, 1.82) is 0 Å². The molecule has 0 aromatic heterocycles. The summed E-state index contributed by atoms with van der Waals surface area (Å²) in [5, 5.41) is 6.62. The molecule has 0 aliphatic carbocycles. The smallest absolute Gasteiger partial charge is 0.132 e. The van der Waals surface area contributed by atoms with Crippen LogP contribution >= 0.6 is 0 Å². The Morgan fingerprint density at radius 1 is 1.39 bits per heavy atom. The van der Waals surface area contributed by atoms with E-state index in [1.54, 1.807) is 0 Å². The monoisotopic (exact) mass is 244 g/mol. The first-order valence-corrected chi connectivity index (χ1v) is 6.60. The van der Waals surface area contributed by atoms with Gasteiger partial charge in [0.15, 0.2) is 0 Å². The molecule has 1 atom stereocenters. The first-order valence-electron chi connectivity index (χ1n) is 6.60. The molecule has 0 fully saturated rings. The van der Waals surface area contributed by atoms with Gasteiger partial charge < -0.3 is 0 Å². The third-order valence-electron chi connectivity index (χ3n) is 3.48. The number of hydrogen-bond donors (Lipinski definition) is 0. The zero-order chi connectivity index (χ0) is 13.0. The predicted molar refractivity (Wildman–Crippen MR) is 74.9 cm³/mol. The fourth-order valence-corrected chi connectivity index (χ4v) is 2.23. The van der Waals surface area contributed by atoms with Gasteiger partial charge >= 0.3 is 0 Å². The van der Waals surface area contributed by atoms with E-state index in [-0.39, 0.29) is 0 Å². The first kappa shape index (κ1) is 12.8. The molecular formula is C15H20N2O. The van der Waals surface area contributed by atoms with Crippen molar-refractivity contribution in [3.8, 4) is 0 Å². The molecule has 2 rings (SSSR count). The Kier molecular flexibility index (Phi) is 4.13. The summed E-state index contributed by atoms with van der Waals surface area (Å²) in [5.74, 6) is 0.765. The minimum atomic E-state index is 0.348. The van der Waals surface area contributed by atoms with Gasteiger partial charge in [0.2, 0.25) is 0 Å². The quantitative estimate of drug-likeness (QED) is 0.796. The molecule has 0 N–H and O–H groups in total. The molecule has 1 aliphatic heterocycles. The lowest BCUT2D eigenvalue weighted by Crippen LogP contribution is -2.19. The van der Waals surface area contributed by atoms with Crippen molar-refractivity contribution in [3.05, 3.63) is 30.3 Å². The molecule has 0 amide bonds. The lowest BCUT2D eigenvalue weighted by Gasteiger charge is -2.15. The van der Waals surface area contributed by atoms with Gasteiger partial charge in [0.25, 0.3) is 0 Å². The van der Waals surface area contributed by atoms with Crippen molar-refractivity contribution >= 4 is 17.2 Å². The van der Waals surface area contributed by atoms with Gasteiger partial charge in [-0.2, -0.15) is 5.10 Å². The number of hydrazone groups is 1. The minimum Gasteiger partial charge on any atom is -0.300 e. The van der Waals surface area contributed by atoms with Gasteiger partial charge in [-0.25, -0.2) is 0 Å². The molecule has 3 heteroatoms. The van der Waals surface area contributed by atoms with Gasteiger partial charge in [-0.1, -0.05) is 25.1 Å². The highest BCUT2D eigenvalue weighted by atomic mass is 16.1. The summed E-state index contributed by atoms with van der Waals surface area (Å²) in [5.41, 5.74) is 2.27. The van der Waals surface area contributed by atoms with E-state index < -0.39 is 0 Å². The maximum atomic E-state index is 11.4. The van der Waals surface area contributed by atoms with E-state index in [2.05, 4.69) is 24.2 Å². The number of ketones is 1. The van der Waals surface area contributed by atoms with Crippen LogP contribution in [0.1, 0.15) is 33.1 Å². The summed E-state index contributed by atoms with van der Waals surface area (Å²) >= 11 is 0. The first-order chi connectivity index (χ1) is 8.70. The fraction of sp³-hybridized carbons (Fsp3) is 0.467. The van der Waals surface area contributed by atoms with Crippen LogP contribution in [0.2, 0.25) is 0 Å². The molecule has 0 bridgehead atoms. The number of nitrogens with zero attached hydrogens (tertiary/aromatic N) is 2. The Morgan fingerprint density at radius 3 is 2.78 bits per heavy atom. The molecule has 0 spiro atoms. The second-order valence-electron chi connectivity index (χ2n) is 4.79. The van der Waals surface area contributed by atoms with Gasteiger partial charge in [-0.3, -0.25) is 9.80 Å². The Hall–Kier alpha value is -1.64. The number of rotatable bonds is 5. The van der Waals surface area contributed by atoms with Crippen LogP contribution in [-0.2, 0) is 4.79 Å².